The molecule has 0 saturated carbocycles. The molecule has 10 heteroatoms. The van der Waals surface area contributed by atoms with E-state index in [4.69, 9.17) is 10.6 Å². The predicted molar refractivity (Wildman–Crippen MR) is 75.1 cm³/mol. The van der Waals surface area contributed by atoms with Gasteiger partial charge in [0.25, 0.3) is 0 Å². The Morgan fingerprint density at radius 3 is 2.71 bits per heavy atom. The fourth-order valence-corrected chi connectivity index (χ4v) is 2.45. The third kappa shape index (κ3) is 4.76. The summed E-state index contributed by atoms with van der Waals surface area (Å²) in [5.41, 5.74) is 2.41. The van der Waals surface area contributed by atoms with Gasteiger partial charge in [-0.25, -0.2) is 10.8 Å². The molecule has 0 atom stereocenters. The van der Waals surface area contributed by atoms with E-state index in [0.717, 1.165) is 4.88 Å². The number of hydrogen-bond acceptors (Lipinski definition) is 6. The third-order valence-corrected chi connectivity index (χ3v) is 3.71. The van der Waals surface area contributed by atoms with Gasteiger partial charge in [0, 0.05) is 6.20 Å². The van der Waals surface area contributed by atoms with Crippen molar-refractivity contribution in [2.24, 2.45) is 5.84 Å². The summed E-state index contributed by atoms with van der Waals surface area (Å²) >= 11 is 4.31. The van der Waals surface area contributed by atoms with E-state index in [1.54, 1.807) is 6.20 Å². The number of aromatic nitrogens is 1. The molecular formula is C11H9BrF3N3O2S. The second kappa shape index (κ2) is 6.50. The molecule has 2 rings (SSSR count). The van der Waals surface area contributed by atoms with Crippen LogP contribution >= 0.6 is 27.3 Å². The van der Waals surface area contributed by atoms with Crippen LogP contribution in [-0.2, 0) is 6.61 Å². The molecule has 5 nitrogen and oxygen atoms in total. The zero-order valence-corrected chi connectivity index (χ0v) is 12.7. The standard InChI is InChI=1S/C11H9BrF3N3O2S/c12-8-3-6(1-2-9(8)20-11(13,14)15)19-5-7-4-17-10(18-16)21-7/h1-4H,5,16H2,(H,17,18). The van der Waals surface area contributed by atoms with Gasteiger partial charge in [0.2, 0.25) is 0 Å². The second-order valence-corrected chi connectivity index (χ2v) is 5.67. The van der Waals surface area contributed by atoms with Crippen LogP contribution in [-0.4, -0.2) is 11.3 Å². The molecule has 0 radical (unpaired) electrons. The lowest BCUT2D eigenvalue weighted by atomic mass is 10.3. The molecule has 1 aromatic heterocycles. The van der Waals surface area contributed by atoms with Crippen LogP contribution in [0.5, 0.6) is 11.5 Å². The average molecular weight is 384 g/mol. The molecule has 0 aliphatic rings. The number of halogens is 4. The van der Waals surface area contributed by atoms with Crippen molar-refractivity contribution in [3.05, 3.63) is 33.7 Å². The number of hydrogen-bond donors (Lipinski definition) is 2. The van der Waals surface area contributed by atoms with E-state index in [0.29, 0.717) is 10.9 Å². The number of ether oxygens (including phenoxy) is 2. The smallest absolute Gasteiger partial charge is 0.488 e. The Hall–Kier alpha value is -1.52. The zero-order chi connectivity index (χ0) is 15.5. The highest BCUT2D eigenvalue weighted by Gasteiger charge is 2.31. The number of anilines is 1. The number of thiazole rings is 1. The normalized spacial score (nSPS) is 11.3. The number of rotatable bonds is 5. The quantitative estimate of drug-likeness (QED) is 0.608. The number of benzene rings is 1. The second-order valence-electron chi connectivity index (χ2n) is 3.70. The van der Waals surface area contributed by atoms with E-state index in [2.05, 4.69) is 31.1 Å². The summed E-state index contributed by atoms with van der Waals surface area (Å²) in [5.74, 6) is 5.27. The summed E-state index contributed by atoms with van der Waals surface area (Å²) in [6.07, 6.45) is -3.14. The molecule has 0 bridgehead atoms. The van der Waals surface area contributed by atoms with E-state index in [9.17, 15) is 13.2 Å². The number of hydrazine groups is 1. The van der Waals surface area contributed by atoms with Crippen LogP contribution < -0.4 is 20.7 Å². The largest absolute Gasteiger partial charge is 0.573 e. The lowest BCUT2D eigenvalue weighted by Crippen LogP contribution is -2.17. The maximum Gasteiger partial charge on any atom is 0.573 e. The monoisotopic (exact) mass is 383 g/mol. The molecule has 0 aliphatic carbocycles. The molecule has 0 spiro atoms. The summed E-state index contributed by atoms with van der Waals surface area (Å²) in [4.78, 5) is 4.78. The Kier molecular flexibility index (Phi) is 4.91. The van der Waals surface area contributed by atoms with Crippen molar-refractivity contribution in [1.82, 2.24) is 4.98 Å². The summed E-state index contributed by atoms with van der Waals surface area (Å²) < 4.78 is 45.8. The topological polar surface area (TPSA) is 69.4 Å². The van der Waals surface area contributed by atoms with Crippen molar-refractivity contribution < 1.29 is 22.6 Å². The van der Waals surface area contributed by atoms with Gasteiger partial charge in [-0.3, -0.25) is 5.43 Å². The molecule has 0 saturated heterocycles. The van der Waals surface area contributed by atoms with E-state index in [1.807, 2.05) is 0 Å². The fourth-order valence-electron chi connectivity index (χ4n) is 1.37. The Labute approximate surface area is 130 Å². The molecular weight excluding hydrogens is 375 g/mol. The molecule has 0 aliphatic heterocycles. The number of nitrogen functional groups attached to an aromatic ring is 1. The molecule has 1 heterocycles. The summed E-state index contributed by atoms with van der Waals surface area (Å²) in [6.45, 7) is 0.227. The van der Waals surface area contributed by atoms with Crippen LogP contribution in [0.1, 0.15) is 4.88 Å². The number of nitrogens with two attached hydrogens (primary N) is 1. The first kappa shape index (κ1) is 15.9. The van der Waals surface area contributed by atoms with Crippen LogP contribution in [0.2, 0.25) is 0 Å². The Bertz CT molecular complexity index is 621. The van der Waals surface area contributed by atoms with Gasteiger partial charge in [-0.2, -0.15) is 0 Å². The van der Waals surface area contributed by atoms with Crippen molar-refractivity contribution in [2.75, 3.05) is 5.43 Å². The van der Waals surface area contributed by atoms with Crippen molar-refractivity contribution in [1.29, 1.82) is 0 Å². The minimum atomic E-state index is -4.74. The van der Waals surface area contributed by atoms with Crippen molar-refractivity contribution in [3.63, 3.8) is 0 Å². The van der Waals surface area contributed by atoms with Crippen molar-refractivity contribution in [2.45, 2.75) is 13.0 Å². The highest BCUT2D eigenvalue weighted by Crippen LogP contribution is 2.33. The van der Waals surface area contributed by atoms with Crippen LogP contribution in [0.25, 0.3) is 0 Å². The first-order chi connectivity index (χ1) is 9.87. The minimum absolute atomic E-state index is 0.144. The SMILES string of the molecule is NNc1ncc(COc2ccc(OC(F)(F)F)c(Br)c2)s1. The van der Waals surface area contributed by atoms with Gasteiger partial charge in [-0.1, -0.05) is 11.3 Å². The van der Waals surface area contributed by atoms with Crippen LogP contribution in [0.4, 0.5) is 18.3 Å². The highest BCUT2D eigenvalue weighted by atomic mass is 79.9. The molecule has 1 aromatic carbocycles. The van der Waals surface area contributed by atoms with E-state index in [1.165, 1.54) is 29.5 Å². The van der Waals surface area contributed by atoms with E-state index >= 15 is 0 Å². The van der Waals surface area contributed by atoms with Crippen molar-refractivity contribution >= 4 is 32.4 Å². The maximum atomic E-state index is 12.1. The van der Waals surface area contributed by atoms with Gasteiger partial charge in [-0.15, -0.1) is 13.2 Å². The van der Waals surface area contributed by atoms with Crippen LogP contribution in [0.3, 0.4) is 0 Å². The Morgan fingerprint density at radius 1 is 1.38 bits per heavy atom. The summed E-state index contributed by atoms with van der Waals surface area (Å²) in [5, 5.41) is 0.545. The van der Waals surface area contributed by atoms with E-state index < -0.39 is 6.36 Å². The number of nitrogens with one attached hydrogen (secondary N) is 1. The van der Waals surface area contributed by atoms with Gasteiger partial charge in [0.05, 0.1) is 9.35 Å². The summed E-state index contributed by atoms with van der Waals surface area (Å²) in [7, 11) is 0. The van der Waals surface area contributed by atoms with Gasteiger partial charge in [0.15, 0.2) is 5.13 Å². The molecule has 0 fully saturated rings. The van der Waals surface area contributed by atoms with Gasteiger partial charge in [0.1, 0.15) is 18.1 Å². The first-order valence-electron chi connectivity index (χ1n) is 5.47. The number of nitrogens with zero attached hydrogens (tertiary/aromatic N) is 1. The lowest BCUT2D eigenvalue weighted by molar-refractivity contribution is -0.274. The van der Waals surface area contributed by atoms with Crippen molar-refractivity contribution in [3.8, 4) is 11.5 Å². The molecule has 0 unspecified atom stereocenters. The zero-order valence-electron chi connectivity index (χ0n) is 10.3. The third-order valence-electron chi connectivity index (χ3n) is 2.19. The highest BCUT2D eigenvalue weighted by molar-refractivity contribution is 9.10. The first-order valence-corrected chi connectivity index (χ1v) is 7.08. The maximum absolute atomic E-state index is 12.1. The minimum Gasteiger partial charge on any atom is -0.488 e. The van der Waals surface area contributed by atoms with Gasteiger partial charge in [-0.05, 0) is 34.1 Å². The van der Waals surface area contributed by atoms with E-state index in [-0.39, 0.29) is 16.8 Å². The average Bonchev–Trinajstić information content (AvgIpc) is 2.86. The Balaban J connectivity index is 1.99. The molecule has 114 valence electrons. The Morgan fingerprint density at radius 2 is 2.14 bits per heavy atom. The lowest BCUT2D eigenvalue weighted by Gasteiger charge is -2.11. The molecule has 3 N–H and O–H groups in total. The molecule has 0 amide bonds. The predicted octanol–water partition coefficient (Wildman–Crippen LogP) is 3.67. The molecule has 2 aromatic rings. The molecule has 21 heavy (non-hydrogen) atoms. The summed E-state index contributed by atoms with van der Waals surface area (Å²) in [6, 6.07) is 3.95. The fraction of sp³-hybridized carbons (Fsp3) is 0.182. The van der Waals surface area contributed by atoms with Crippen LogP contribution in [0.15, 0.2) is 28.9 Å². The number of alkyl halides is 3. The van der Waals surface area contributed by atoms with Crippen LogP contribution in [0, 0.1) is 0 Å². The van der Waals surface area contributed by atoms with Gasteiger partial charge < -0.3 is 9.47 Å². The van der Waals surface area contributed by atoms with Gasteiger partial charge >= 0.3 is 6.36 Å².